The van der Waals surface area contributed by atoms with E-state index < -0.39 is 17.5 Å². The summed E-state index contributed by atoms with van der Waals surface area (Å²) in [5.41, 5.74) is 0.485. The van der Waals surface area contributed by atoms with Crippen LogP contribution in [0.2, 0.25) is 0 Å². The molecule has 0 saturated carbocycles. The molecule has 3 heterocycles. The molecule has 2 aliphatic rings. The van der Waals surface area contributed by atoms with E-state index in [-0.39, 0.29) is 12.5 Å². The van der Waals surface area contributed by atoms with Crippen LogP contribution in [-0.4, -0.2) is 49.6 Å². The summed E-state index contributed by atoms with van der Waals surface area (Å²) < 4.78 is 2.15. The predicted molar refractivity (Wildman–Crippen MR) is 111 cm³/mol. The van der Waals surface area contributed by atoms with Crippen LogP contribution in [0.5, 0.6) is 0 Å². The SMILES string of the molecule is CC[C@]1(C)NC(=O)N(CC(=O)Nc2cccc(-c3nnc4n3CCCCC4)c2)C1=O. The molecule has 30 heavy (non-hydrogen) atoms. The van der Waals surface area contributed by atoms with Gasteiger partial charge in [-0.15, -0.1) is 10.2 Å². The fourth-order valence-corrected chi connectivity index (χ4v) is 3.91. The third kappa shape index (κ3) is 3.67. The van der Waals surface area contributed by atoms with E-state index in [9.17, 15) is 14.4 Å². The highest BCUT2D eigenvalue weighted by molar-refractivity contribution is 6.09. The summed E-state index contributed by atoms with van der Waals surface area (Å²) in [7, 11) is 0. The molecule has 1 saturated heterocycles. The molecule has 2 N–H and O–H groups in total. The number of imide groups is 1. The van der Waals surface area contributed by atoms with Gasteiger partial charge in [0.15, 0.2) is 5.82 Å². The van der Waals surface area contributed by atoms with Crippen molar-refractivity contribution in [1.82, 2.24) is 25.0 Å². The first kappa shape index (κ1) is 20.1. The summed E-state index contributed by atoms with van der Waals surface area (Å²) in [5.74, 6) is 0.964. The van der Waals surface area contributed by atoms with Crippen molar-refractivity contribution in [1.29, 1.82) is 0 Å². The van der Waals surface area contributed by atoms with E-state index in [0.717, 1.165) is 47.9 Å². The lowest BCUT2D eigenvalue weighted by atomic mass is 9.99. The van der Waals surface area contributed by atoms with Crippen LogP contribution in [-0.2, 0) is 22.6 Å². The van der Waals surface area contributed by atoms with Crippen LogP contribution >= 0.6 is 0 Å². The van der Waals surface area contributed by atoms with Gasteiger partial charge in [0.1, 0.15) is 17.9 Å². The lowest BCUT2D eigenvalue weighted by molar-refractivity contribution is -0.133. The van der Waals surface area contributed by atoms with Gasteiger partial charge in [-0.3, -0.25) is 14.5 Å². The highest BCUT2D eigenvalue weighted by Gasteiger charge is 2.46. The molecule has 4 amide bonds. The molecule has 2 aliphatic heterocycles. The molecule has 0 radical (unpaired) electrons. The normalized spacial score (nSPS) is 21.2. The van der Waals surface area contributed by atoms with Crippen molar-refractivity contribution >= 4 is 23.5 Å². The number of carbonyl (C=O) groups is 3. The van der Waals surface area contributed by atoms with E-state index in [1.807, 2.05) is 25.1 Å². The molecule has 1 atom stereocenters. The van der Waals surface area contributed by atoms with E-state index in [1.165, 1.54) is 6.42 Å². The number of aryl methyl sites for hydroxylation is 1. The standard InChI is InChI=1S/C21H26N6O3/c1-3-21(2)19(29)27(20(30)23-21)13-17(28)22-15-9-7-8-14(12-15)18-25-24-16-10-5-4-6-11-26(16)18/h7-9,12H,3-6,10-11,13H2,1-2H3,(H,22,28)(H,23,30)/t21-/m0/s1. The molecule has 1 aromatic heterocycles. The van der Waals surface area contributed by atoms with Crippen molar-refractivity contribution in [3.8, 4) is 11.4 Å². The Kier molecular flexibility index (Phi) is 5.27. The quantitative estimate of drug-likeness (QED) is 0.736. The van der Waals surface area contributed by atoms with Gasteiger partial charge >= 0.3 is 6.03 Å². The zero-order chi connectivity index (χ0) is 21.3. The van der Waals surface area contributed by atoms with Gasteiger partial charge in [0.2, 0.25) is 5.91 Å². The van der Waals surface area contributed by atoms with Crippen LogP contribution < -0.4 is 10.6 Å². The van der Waals surface area contributed by atoms with Gasteiger partial charge in [0, 0.05) is 24.2 Å². The van der Waals surface area contributed by atoms with Crippen LogP contribution in [0, 0.1) is 0 Å². The summed E-state index contributed by atoms with van der Waals surface area (Å²) in [6.45, 7) is 4.04. The minimum atomic E-state index is -0.956. The number of urea groups is 1. The highest BCUT2D eigenvalue weighted by Crippen LogP contribution is 2.25. The molecule has 2 aromatic rings. The lowest BCUT2D eigenvalue weighted by Gasteiger charge is -2.19. The molecular weight excluding hydrogens is 384 g/mol. The molecule has 9 nitrogen and oxygen atoms in total. The van der Waals surface area contributed by atoms with Crippen molar-refractivity contribution in [2.24, 2.45) is 0 Å². The number of anilines is 1. The molecule has 158 valence electrons. The Morgan fingerprint density at radius 3 is 2.83 bits per heavy atom. The fraction of sp³-hybridized carbons (Fsp3) is 0.476. The maximum atomic E-state index is 12.5. The molecular formula is C21H26N6O3. The van der Waals surface area contributed by atoms with E-state index in [4.69, 9.17) is 0 Å². The molecule has 9 heteroatoms. The summed E-state index contributed by atoms with van der Waals surface area (Å²) >= 11 is 0. The summed E-state index contributed by atoms with van der Waals surface area (Å²) in [5, 5.41) is 14.1. The maximum absolute atomic E-state index is 12.5. The first-order chi connectivity index (χ1) is 14.4. The number of fused-ring (bicyclic) bond motifs is 1. The monoisotopic (exact) mass is 410 g/mol. The molecule has 0 bridgehead atoms. The van der Waals surface area contributed by atoms with Crippen molar-refractivity contribution < 1.29 is 14.4 Å². The maximum Gasteiger partial charge on any atom is 0.325 e. The molecule has 0 unspecified atom stereocenters. The number of benzene rings is 1. The number of aromatic nitrogens is 3. The minimum Gasteiger partial charge on any atom is -0.325 e. The van der Waals surface area contributed by atoms with Gasteiger partial charge < -0.3 is 15.2 Å². The zero-order valence-corrected chi connectivity index (χ0v) is 17.3. The number of carbonyl (C=O) groups excluding carboxylic acids is 3. The number of nitrogens with zero attached hydrogens (tertiary/aromatic N) is 4. The third-order valence-electron chi connectivity index (χ3n) is 5.87. The van der Waals surface area contributed by atoms with E-state index in [0.29, 0.717) is 12.1 Å². The summed E-state index contributed by atoms with van der Waals surface area (Å²) in [4.78, 5) is 38.1. The molecule has 0 spiro atoms. The number of hydrogen-bond donors (Lipinski definition) is 2. The van der Waals surface area contributed by atoms with Gasteiger partial charge in [0.25, 0.3) is 5.91 Å². The molecule has 1 aromatic carbocycles. The second kappa shape index (κ2) is 7.89. The van der Waals surface area contributed by atoms with Gasteiger partial charge in [0.05, 0.1) is 0 Å². The fourth-order valence-electron chi connectivity index (χ4n) is 3.91. The van der Waals surface area contributed by atoms with Crippen molar-refractivity contribution in [2.45, 2.75) is 58.0 Å². The lowest BCUT2D eigenvalue weighted by Crippen LogP contribution is -2.44. The van der Waals surface area contributed by atoms with Crippen molar-refractivity contribution in [2.75, 3.05) is 11.9 Å². The average Bonchev–Trinajstić information content (AvgIpc) is 3.11. The Morgan fingerprint density at radius 1 is 1.23 bits per heavy atom. The number of hydrogen-bond acceptors (Lipinski definition) is 5. The van der Waals surface area contributed by atoms with Gasteiger partial charge in [-0.25, -0.2) is 4.79 Å². The smallest absolute Gasteiger partial charge is 0.325 e. The Hall–Kier alpha value is -3.23. The van der Waals surface area contributed by atoms with E-state index in [1.54, 1.807) is 13.0 Å². The Labute approximate surface area is 174 Å². The Bertz CT molecular complexity index is 1000. The summed E-state index contributed by atoms with van der Waals surface area (Å²) in [6, 6.07) is 6.83. The molecule has 4 rings (SSSR count). The second-order valence-electron chi connectivity index (χ2n) is 8.04. The second-order valence-corrected chi connectivity index (χ2v) is 8.04. The molecule has 1 fully saturated rings. The van der Waals surface area contributed by atoms with Gasteiger partial charge in [-0.2, -0.15) is 0 Å². The zero-order valence-electron chi connectivity index (χ0n) is 17.3. The largest absolute Gasteiger partial charge is 0.325 e. The first-order valence-electron chi connectivity index (χ1n) is 10.4. The summed E-state index contributed by atoms with van der Waals surface area (Å²) in [6.07, 6.45) is 4.77. The Balaban J connectivity index is 1.48. The van der Waals surface area contributed by atoms with Crippen LogP contribution in [0.3, 0.4) is 0 Å². The van der Waals surface area contributed by atoms with E-state index >= 15 is 0 Å². The van der Waals surface area contributed by atoms with Crippen molar-refractivity contribution in [3.63, 3.8) is 0 Å². The minimum absolute atomic E-state index is 0.329. The first-order valence-corrected chi connectivity index (χ1v) is 10.4. The van der Waals surface area contributed by atoms with Gasteiger partial charge in [-0.05, 0) is 38.3 Å². The number of amides is 4. The Morgan fingerprint density at radius 2 is 2.07 bits per heavy atom. The number of rotatable bonds is 5. The van der Waals surface area contributed by atoms with E-state index in [2.05, 4.69) is 25.4 Å². The van der Waals surface area contributed by atoms with Crippen LogP contribution in [0.1, 0.15) is 45.4 Å². The highest BCUT2D eigenvalue weighted by atomic mass is 16.2. The van der Waals surface area contributed by atoms with Crippen LogP contribution in [0.15, 0.2) is 24.3 Å². The van der Waals surface area contributed by atoms with Crippen LogP contribution in [0.25, 0.3) is 11.4 Å². The average molecular weight is 410 g/mol. The number of nitrogens with one attached hydrogen (secondary N) is 2. The van der Waals surface area contributed by atoms with Crippen molar-refractivity contribution in [3.05, 3.63) is 30.1 Å². The molecule has 0 aliphatic carbocycles. The topological polar surface area (TPSA) is 109 Å². The third-order valence-corrected chi connectivity index (χ3v) is 5.87. The van der Waals surface area contributed by atoms with Gasteiger partial charge in [-0.1, -0.05) is 25.5 Å². The van der Waals surface area contributed by atoms with Crippen LogP contribution in [0.4, 0.5) is 10.5 Å². The predicted octanol–water partition coefficient (Wildman–Crippen LogP) is 2.33.